The number of nitrogens with zero attached hydrogens (tertiary/aromatic N) is 1. The van der Waals surface area contributed by atoms with Gasteiger partial charge in [0.15, 0.2) is 0 Å². The minimum atomic E-state index is -0.345. The van der Waals surface area contributed by atoms with Crippen molar-refractivity contribution in [3.8, 4) is 0 Å². The van der Waals surface area contributed by atoms with E-state index >= 15 is 0 Å². The number of likely N-dealkylation sites (tertiary alicyclic amines) is 1. The van der Waals surface area contributed by atoms with Crippen LogP contribution in [0.15, 0.2) is 24.3 Å². The number of benzene rings is 1. The number of carbonyl (C=O) groups is 1. The van der Waals surface area contributed by atoms with Crippen LogP contribution in [0.2, 0.25) is 0 Å². The van der Waals surface area contributed by atoms with Gasteiger partial charge in [-0.15, -0.1) is 0 Å². The molecule has 1 saturated heterocycles. The summed E-state index contributed by atoms with van der Waals surface area (Å²) in [6, 6.07) is 6.48. The lowest BCUT2D eigenvalue weighted by Gasteiger charge is -2.35. The van der Waals surface area contributed by atoms with Crippen LogP contribution in [0, 0.1) is 5.82 Å². The van der Waals surface area contributed by atoms with Crippen molar-refractivity contribution in [1.82, 2.24) is 4.90 Å². The Labute approximate surface area is 106 Å². The molecule has 2 rings (SSSR count). The van der Waals surface area contributed by atoms with Crippen LogP contribution in [0.3, 0.4) is 0 Å². The number of hydrogen-bond donors (Lipinski definition) is 2. The maximum atomic E-state index is 12.9. The summed E-state index contributed by atoms with van der Waals surface area (Å²) in [4.78, 5) is 12.9. The molecule has 1 fully saturated rings. The molecule has 98 valence electrons. The van der Waals surface area contributed by atoms with Crippen LogP contribution in [0.4, 0.5) is 4.39 Å². The zero-order valence-electron chi connectivity index (χ0n) is 10.2. The Bertz CT molecular complexity index is 421. The van der Waals surface area contributed by atoms with Crippen molar-refractivity contribution < 1.29 is 9.18 Å². The predicted molar refractivity (Wildman–Crippen MR) is 67.4 cm³/mol. The van der Waals surface area contributed by atoms with Gasteiger partial charge in [-0.05, 0) is 30.0 Å². The average Bonchev–Trinajstić information content (AvgIpc) is 2.28. The molecular formula is C13H18FN3O. The van der Waals surface area contributed by atoms with Crippen LogP contribution in [0.1, 0.15) is 17.9 Å². The van der Waals surface area contributed by atoms with Crippen molar-refractivity contribution in [3.63, 3.8) is 0 Å². The van der Waals surface area contributed by atoms with E-state index in [1.54, 1.807) is 12.1 Å². The van der Waals surface area contributed by atoms with Gasteiger partial charge < -0.3 is 11.5 Å². The Morgan fingerprint density at radius 1 is 1.33 bits per heavy atom. The van der Waals surface area contributed by atoms with Gasteiger partial charge in [-0.1, -0.05) is 12.1 Å². The number of nitrogens with two attached hydrogens (primary N) is 2. The second-order valence-electron chi connectivity index (χ2n) is 4.90. The summed E-state index contributed by atoms with van der Waals surface area (Å²) in [5.41, 5.74) is 12.2. The number of amides is 1. The first-order chi connectivity index (χ1) is 8.54. The van der Waals surface area contributed by atoms with Gasteiger partial charge in [-0.25, -0.2) is 4.39 Å². The standard InChI is InChI=1S/C13H18FN3O/c14-11-3-1-9(2-4-11)10-5-12(15)7-17(6-10)8-13(16)18/h1-4,10,12H,5-8,15H2,(H2,16,18). The Morgan fingerprint density at radius 3 is 2.61 bits per heavy atom. The highest BCUT2D eigenvalue weighted by Crippen LogP contribution is 2.26. The average molecular weight is 251 g/mol. The number of piperidine rings is 1. The molecule has 0 aromatic heterocycles. The van der Waals surface area contributed by atoms with E-state index in [0.29, 0.717) is 6.54 Å². The van der Waals surface area contributed by atoms with Gasteiger partial charge in [-0.3, -0.25) is 9.69 Å². The molecule has 1 aliphatic heterocycles. The smallest absolute Gasteiger partial charge is 0.231 e. The van der Waals surface area contributed by atoms with Gasteiger partial charge in [0, 0.05) is 19.1 Å². The molecule has 4 N–H and O–H groups in total. The lowest BCUT2D eigenvalue weighted by atomic mass is 9.88. The summed E-state index contributed by atoms with van der Waals surface area (Å²) >= 11 is 0. The SMILES string of the molecule is NC(=O)CN1CC(N)CC(c2ccc(F)cc2)C1. The molecule has 2 atom stereocenters. The van der Waals surface area contributed by atoms with E-state index in [9.17, 15) is 9.18 Å². The molecule has 1 aromatic rings. The van der Waals surface area contributed by atoms with Crippen molar-refractivity contribution in [3.05, 3.63) is 35.6 Å². The molecule has 0 saturated carbocycles. The fourth-order valence-electron chi connectivity index (χ4n) is 2.56. The molecule has 4 nitrogen and oxygen atoms in total. The molecule has 0 radical (unpaired) electrons. The molecule has 18 heavy (non-hydrogen) atoms. The lowest BCUT2D eigenvalue weighted by Crippen LogP contribution is -2.48. The van der Waals surface area contributed by atoms with Gasteiger partial charge >= 0.3 is 0 Å². The third-order valence-electron chi connectivity index (χ3n) is 3.28. The van der Waals surface area contributed by atoms with Crippen molar-refractivity contribution in [2.24, 2.45) is 11.5 Å². The maximum Gasteiger partial charge on any atom is 0.231 e. The minimum Gasteiger partial charge on any atom is -0.369 e. The molecule has 1 aliphatic rings. The zero-order chi connectivity index (χ0) is 13.1. The van der Waals surface area contributed by atoms with Crippen LogP contribution < -0.4 is 11.5 Å². The van der Waals surface area contributed by atoms with E-state index in [1.807, 2.05) is 4.90 Å². The van der Waals surface area contributed by atoms with E-state index < -0.39 is 0 Å². The first kappa shape index (κ1) is 13.0. The van der Waals surface area contributed by atoms with Crippen LogP contribution in [-0.4, -0.2) is 36.5 Å². The summed E-state index contributed by atoms with van der Waals surface area (Å²) in [5, 5.41) is 0. The zero-order valence-corrected chi connectivity index (χ0v) is 10.2. The molecule has 1 amide bonds. The molecule has 1 heterocycles. The van der Waals surface area contributed by atoms with E-state index in [-0.39, 0.29) is 30.2 Å². The van der Waals surface area contributed by atoms with Crippen LogP contribution >= 0.6 is 0 Å². The van der Waals surface area contributed by atoms with Crippen molar-refractivity contribution in [2.45, 2.75) is 18.4 Å². The first-order valence-corrected chi connectivity index (χ1v) is 6.06. The topological polar surface area (TPSA) is 72.4 Å². The summed E-state index contributed by atoms with van der Waals surface area (Å²) in [6.45, 7) is 1.65. The Kier molecular flexibility index (Phi) is 3.93. The van der Waals surface area contributed by atoms with Gasteiger partial charge in [0.2, 0.25) is 5.91 Å². The third kappa shape index (κ3) is 3.27. The minimum absolute atomic E-state index is 0.0214. The van der Waals surface area contributed by atoms with Crippen LogP contribution in [0.25, 0.3) is 0 Å². The number of halogens is 1. The second kappa shape index (κ2) is 5.46. The van der Waals surface area contributed by atoms with Crippen LogP contribution in [0.5, 0.6) is 0 Å². The predicted octanol–water partition coefficient (Wildman–Crippen LogP) is 0.428. The Hall–Kier alpha value is -1.46. The van der Waals surface area contributed by atoms with E-state index in [4.69, 9.17) is 11.5 Å². The van der Waals surface area contributed by atoms with Crippen molar-refractivity contribution in [2.75, 3.05) is 19.6 Å². The molecule has 0 bridgehead atoms. The van der Waals surface area contributed by atoms with Crippen molar-refractivity contribution in [1.29, 1.82) is 0 Å². The summed E-state index contributed by atoms with van der Waals surface area (Å²) in [6.07, 6.45) is 0.848. The highest BCUT2D eigenvalue weighted by molar-refractivity contribution is 5.75. The fraction of sp³-hybridized carbons (Fsp3) is 0.462. The number of primary amides is 1. The van der Waals surface area contributed by atoms with Crippen molar-refractivity contribution >= 4 is 5.91 Å². The second-order valence-corrected chi connectivity index (χ2v) is 4.90. The highest BCUT2D eigenvalue weighted by Gasteiger charge is 2.26. The monoisotopic (exact) mass is 251 g/mol. The first-order valence-electron chi connectivity index (χ1n) is 6.06. The lowest BCUT2D eigenvalue weighted by molar-refractivity contribution is -0.119. The summed E-state index contributed by atoms with van der Waals surface area (Å²) in [7, 11) is 0. The Morgan fingerprint density at radius 2 is 2.00 bits per heavy atom. The maximum absolute atomic E-state index is 12.9. The normalized spacial score (nSPS) is 25.0. The summed E-state index contributed by atoms with van der Waals surface area (Å²) < 4.78 is 12.9. The number of carbonyl (C=O) groups excluding carboxylic acids is 1. The molecule has 0 aliphatic carbocycles. The quantitative estimate of drug-likeness (QED) is 0.818. The molecule has 0 spiro atoms. The van der Waals surface area contributed by atoms with Gasteiger partial charge in [0.1, 0.15) is 5.82 Å². The summed E-state index contributed by atoms with van der Waals surface area (Å²) in [5.74, 6) is -0.358. The molecule has 5 heteroatoms. The fourth-order valence-corrected chi connectivity index (χ4v) is 2.56. The van der Waals surface area contributed by atoms with Gasteiger partial charge in [0.05, 0.1) is 6.54 Å². The van der Waals surface area contributed by atoms with Crippen LogP contribution in [-0.2, 0) is 4.79 Å². The van der Waals surface area contributed by atoms with Gasteiger partial charge in [0.25, 0.3) is 0 Å². The van der Waals surface area contributed by atoms with Gasteiger partial charge in [-0.2, -0.15) is 0 Å². The largest absolute Gasteiger partial charge is 0.369 e. The molecule has 2 unspecified atom stereocenters. The number of rotatable bonds is 3. The highest BCUT2D eigenvalue weighted by atomic mass is 19.1. The number of hydrogen-bond acceptors (Lipinski definition) is 3. The van der Waals surface area contributed by atoms with E-state index in [2.05, 4.69) is 0 Å². The van der Waals surface area contributed by atoms with E-state index in [1.165, 1.54) is 12.1 Å². The third-order valence-corrected chi connectivity index (χ3v) is 3.28. The Balaban J connectivity index is 2.08. The molecule has 1 aromatic carbocycles. The van der Waals surface area contributed by atoms with E-state index in [0.717, 1.165) is 18.5 Å². The molecular weight excluding hydrogens is 233 g/mol.